The van der Waals surface area contributed by atoms with Crippen LogP contribution in [-0.2, 0) is 14.3 Å². The van der Waals surface area contributed by atoms with E-state index in [2.05, 4.69) is 0 Å². The number of carbonyl (C=O) groups is 2. The van der Waals surface area contributed by atoms with Crippen LogP contribution in [0, 0.1) is 0 Å². The van der Waals surface area contributed by atoms with Crippen LogP contribution in [0.5, 0.6) is 5.75 Å². The van der Waals surface area contributed by atoms with E-state index in [1.807, 2.05) is 26.0 Å². The van der Waals surface area contributed by atoms with E-state index in [4.69, 9.17) is 9.47 Å². The number of imide groups is 1. The third kappa shape index (κ3) is 3.99. The highest BCUT2D eigenvalue weighted by molar-refractivity contribution is 8.04. The first-order valence-electron chi connectivity index (χ1n) is 7.90. The van der Waals surface area contributed by atoms with Crippen LogP contribution in [0.15, 0.2) is 29.2 Å². The molecule has 0 fully saturated rings. The second-order valence-electron chi connectivity index (χ2n) is 5.71. The predicted molar refractivity (Wildman–Crippen MR) is 95.9 cm³/mol. The Bertz CT molecular complexity index is 637. The summed E-state index contributed by atoms with van der Waals surface area (Å²) < 4.78 is 10.2. The van der Waals surface area contributed by atoms with Gasteiger partial charge in [-0.2, -0.15) is 0 Å². The van der Waals surface area contributed by atoms with E-state index in [1.165, 1.54) is 16.7 Å². The monoisotopic (exact) mass is 349 g/mol. The number of carbonyl (C=O) groups excluding carboxylic acids is 2. The van der Waals surface area contributed by atoms with Crippen molar-refractivity contribution in [2.75, 3.05) is 27.4 Å². The van der Waals surface area contributed by atoms with Gasteiger partial charge >= 0.3 is 0 Å². The number of nitrogens with zero attached hydrogens (tertiary/aromatic N) is 1. The first-order valence-corrected chi connectivity index (χ1v) is 8.78. The summed E-state index contributed by atoms with van der Waals surface area (Å²) in [5.41, 5.74) is 1.23. The van der Waals surface area contributed by atoms with Crippen molar-refractivity contribution in [3.63, 3.8) is 0 Å². The van der Waals surface area contributed by atoms with Crippen LogP contribution < -0.4 is 4.74 Å². The minimum Gasteiger partial charge on any atom is -0.497 e. The molecule has 130 valence electrons. The minimum atomic E-state index is -0.232. The third-order valence-corrected chi connectivity index (χ3v) is 4.67. The molecule has 1 heterocycles. The standard InChI is InChI=1S/C18H23NO4S/c1-12(2)24-16-15(13-6-8-14(23-4)9-7-13)17(20)19(18(16)21)10-5-11-22-3/h6-9,12H,5,10-11H2,1-4H3. The van der Waals surface area contributed by atoms with E-state index in [-0.39, 0.29) is 17.1 Å². The lowest BCUT2D eigenvalue weighted by molar-refractivity contribution is -0.136. The fourth-order valence-electron chi connectivity index (χ4n) is 2.48. The lowest BCUT2D eigenvalue weighted by Crippen LogP contribution is -2.33. The van der Waals surface area contributed by atoms with Gasteiger partial charge in [0.1, 0.15) is 5.75 Å². The zero-order valence-corrected chi connectivity index (χ0v) is 15.3. The molecule has 24 heavy (non-hydrogen) atoms. The molecule has 0 unspecified atom stereocenters. The topological polar surface area (TPSA) is 55.8 Å². The molecule has 1 aliphatic heterocycles. The van der Waals surface area contributed by atoms with Gasteiger partial charge in [0.25, 0.3) is 11.8 Å². The van der Waals surface area contributed by atoms with Crippen LogP contribution in [0.2, 0.25) is 0 Å². The Morgan fingerprint density at radius 2 is 1.75 bits per heavy atom. The molecule has 0 bridgehead atoms. The molecule has 0 radical (unpaired) electrons. The van der Waals surface area contributed by atoms with Gasteiger partial charge in [-0.15, -0.1) is 11.8 Å². The molecule has 6 heteroatoms. The van der Waals surface area contributed by atoms with Gasteiger partial charge in [0.05, 0.1) is 17.6 Å². The molecule has 1 aliphatic rings. The van der Waals surface area contributed by atoms with Gasteiger partial charge in [0.2, 0.25) is 0 Å². The zero-order chi connectivity index (χ0) is 17.7. The smallest absolute Gasteiger partial charge is 0.267 e. The predicted octanol–water partition coefficient (Wildman–Crippen LogP) is 2.95. The lowest BCUT2D eigenvalue weighted by Gasteiger charge is -2.14. The molecular formula is C18H23NO4S. The summed E-state index contributed by atoms with van der Waals surface area (Å²) in [4.78, 5) is 27.4. The Balaban J connectivity index is 2.35. The number of benzene rings is 1. The molecule has 0 aliphatic carbocycles. The SMILES string of the molecule is COCCCN1C(=O)C(SC(C)C)=C(c2ccc(OC)cc2)C1=O. The van der Waals surface area contributed by atoms with E-state index < -0.39 is 0 Å². The lowest BCUT2D eigenvalue weighted by atomic mass is 10.1. The molecule has 0 aromatic heterocycles. The van der Waals surface area contributed by atoms with Crippen molar-refractivity contribution in [3.05, 3.63) is 34.7 Å². The van der Waals surface area contributed by atoms with Crippen molar-refractivity contribution in [2.24, 2.45) is 0 Å². The maximum Gasteiger partial charge on any atom is 0.267 e. The minimum absolute atomic E-state index is 0.208. The molecular weight excluding hydrogens is 326 g/mol. The summed E-state index contributed by atoms with van der Waals surface area (Å²) in [7, 11) is 3.20. The van der Waals surface area contributed by atoms with Gasteiger partial charge in [-0.05, 0) is 24.1 Å². The van der Waals surface area contributed by atoms with Crippen LogP contribution in [0.4, 0.5) is 0 Å². The molecule has 2 rings (SSSR count). The summed E-state index contributed by atoms with van der Waals surface area (Å²) in [5, 5.41) is 0.212. The van der Waals surface area contributed by atoms with Gasteiger partial charge in [-0.25, -0.2) is 0 Å². The summed E-state index contributed by atoms with van der Waals surface area (Å²) in [6.45, 7) is 4.90. The van der Waals surface area contributed by atoms with E-state index in [9.17, 15) is 9.59 Å². The number of hydrogen-bond acceptors (Lipinski definition) is 5. The maximum atomic E-state index is 12.8. The fraction of sp³-hybridized carbons (Fsp3) is 0.444. The maximum absolute atomic E-state index is 12.8. The molecule has 5 nitrogen and oxygen atoms in total. The van der Waals surface area contributed by atoms with Crippen molar-refractivity contribution in [1.29, 1.82) is 0 Å². The summed E-state index contributed by atoms with van der Waals surface area (Å²) in [6, 6.07) is 7.23. The fourth-order valence-corrected chi connectivity index (χ4v) is 3.49. The molecule has 1 aromatic carbocycles. The number of amides is 2. The molecule has 0 atom stereocenters. The van der Waals surface area contributed by atoms with E-state index >= 15 is 0 Å². The highest BCUT2D eigenvalue weighted by Crippen LogP contribution is 2.38. The molecule has 0 saturated carbocycles. The average Bonchev–Trinajstić information content (AvgIpc) is 2.79. The number of methoxy groups -OCH3 is 2. The molecule has 0 N–H and O–H groups in total. The number of rotatable bonds is 8. The summed E-state index contributed by atoms with van der Waals surface area (Å²) >= 11 is 1.43. The Morgan fingerprint density at radius 1 is 1.08 bits per heavy atom. The summed E-state index contributed by atoms with van der Waals surface area (Å²) in [6.07, 6.45) is 0.628. The van der Waals surface area contributed by atoms with E-state index in [0.29, 0.717) is 35.8 Å². The number of ether oxygens (including phenoxy) is 2. The van der Waals surface area contributed by atoms with Crippen molar-refractivity contribution < 1.29 is 19.1 Å². The van der Waals surface area contributed by atoms with Crippen molar-refractivity contribution in [1.82, 2.24) is 4.90 Å². The van der Waals surface area contributed by atoms with Gasteiger partial charge in [-0.3, -0.25) is 14.5 Å². The highest BCUT2D eigenvalue weighted by atomic mass is 32.2. The van der Waals surface area contributed by atoms with Crippen LogP contribution >= 0.6 is 11.8 Å². The molecule has 2 amide bonds. The highest BCUT2D eigenvalue weighted by Gasteiger charge is 2.39. The number of hydrogen-bond donors (Lipinski definition) is 0. The molecule has 0 spiro atoms. The normalized spacial score (nSPS) is 15.0. The second-order valence-corrected chi connectivity index (χ2v) is 7.29. The van der Waals surface area contributed by atoms with Gasteiger partial charge in [0, 0.05) is 25.5 Å². The second kappa shape index (κ2) is 8.35. The first-order chi connectivity index (χ1) is 11.5. The van der Waals surface area contributed by atoms with Gasteiger partial charge < -0.3 is 9.47 Å². The van der Waals surface area contributed by atoms with Gasteiger partial charge in [-0.1, -0.05) is 26.0 Å². The third-order valence-electron chi connectivity index (χ3n) is 3.59. The van der Waals surface area contributed by atoms with Gasteiger partial charge in [0.15, 0.2) is 0 Å². The Hall–Kier alpha value is -1.79. The Morgan fingerprint density at radius 3 is 2.29 bits per heavy atom. The Labute approximate surface area is 147 Å². The quantitative estimate of drug-likeness (QED) is 0.533. The Kier molecular flexibility index (Phi) is 6.45. The van der Waals surface area contributed by atoms with Crippen LogP contribution in [0.3, 0.4) is 0 Å². The van der Waals surface area contributed by atoms with Crippen LogP contribution in [0.1, 0.15) is 25.8 Å². The zero-order valence-electron chi connectivity index (χ0n) is 14.5. The van der Waals surface area contributed by atoms with Crippen molar-refractivity contribution >= 4 is 29.1 Å². The van der Waals surface area contributed by atoms with E-state index in [1.54, 1.807) is 26.4 Å². The molecule has 0 saturated heterocycles. The summed E-state index contributed by atoms with van der Waals surface area (Å²) in [5.74, 6) is 0.274. The van der Waals surface area contributed by atoms with Crippen molar-refractivity contribution in [2.45, 2.75) is 25.5 Å². The largest absolute Gasteiger partial charge is 0.497 e. The van der Waals surface area contributed by atoms with E-state index in [0.717, 1.165) is 5.56 Å². The number of thioether (sulfide) groups is 1. The average molecular weight is 349 g/mol. The molecule has 1 aromatic rings. The van der Waals surface area contributed by atoms with Crippen molar-refractivity contribution in [3.8, 4) is 5.75 Å². The first kappa shape index (κ1) is 18.5. The van der Waals surface area contributed by atoms with Crippen LogP contribution in [0.25, 0.3) is 5.57 Å². The van der Waals surface area contributed by atoms with Crippen LogP contribution in [-0.4, -0.2) is 49.3 Å².